The van der Waals surface area contributed by atoms with Crippen molar-refractivity contribution in [2.24, 2.45) is 0 Å². The zero-order chi connectivity index (χ0) is 15.5. The second-order valence-electron chi connectivity index (χ2n) is 5.17. The number of rotatable bonds is 8. The van der Waals surface area contributed by atoms with Crippen molar-refractivity contribution in [3.8, 4) is 5.75 Å². The second kappa shape index (κ2) is 6.77. The number of hydrogen-bond donors (Lipinski definition) is 1. The van der Waals surface area contributed by atoms with E-state index in [-0.39, 0.29) is 6.04 Å². The summed E-state index contributed by atoms with van der Waals surface area (Å²) < 4.78 is 32.6. The van der Waals surface area contributed by atoms with Gasteiger partial charge in [0.05, 0.1) is 11.5 Å². The van der Waals surface area contributed by atoms with Crippen LogP contribution in [0.3, 0.4) is 0 Å². The molecule has 0 amide bonds. The van der Waals surface area contributed by atoms with Gasteiger partial charge in [0.1, 0.15) is 5.75 Å². The summed E-state index contributed by atoms with van der Waals surface area (Å²) in [5, 5.41) is 3.05. The van der Waals surface area contributed by atoms with E-state index in [9.17, 15) is 8.42 Å². The Morgan fingerprint density at radius 2 is 2.05 bits per heavy atom. The van der Waals surface area contributed by atoms with Gasteiger partial charge < -0.3 is 10.1 Å². The van der Waals surface area contributed by atoms with Crippen molar-refractivity contribution in [3.63, 3.8) is 0 Å². The Kier molecular flexibility index (Phi) is 5.24. The Bertz CT molecular complexity index is 583. The number of sulfonamides is 1. The van der Waals surface area contributed by atoms with Crippen LogP contribution in [-0.4, -0.2) is 39.0 Å². The van der Waals surface area contributed by atoms with Crippen molar-refractivity contribution in [1.29, 1.82) is 0 Å². The lowest BCUT2D eigenvalue weighted by Gasteiger charge is -2.21. The molecule has 0 unspecified atom stereocenters. The normalized spacial score (nSPS) is 15.4. The number of nitrogens with zero attached hydrogens (tertiary/aromatic N) is 1. The minimum atomic E-state index is -3.41. The van der Waals surface area contributed by atoms with Crippen LogP contribution in [0.2, 0.25) is 0 Å². The predicted molar refractivity (Wildman–Crippen MR) is 83.0 cm³/mol. The van der Waals surface area contributed by atoms with Crippen LogP contribution >= 0.6 is 0 Å². The maximum atomic E-state index is 12.7. The molecular weight excluding hydrogens is 288 g/mol. The average Bonchev–Trinajstić information content (AvgIpc) is 3.26. The van der Waals surface area contributed by atoms with Crippen LogP contribution in [0.5, 0.6) is 5.75 Å². The van der Waals surface area contributed by atoms with Gasteiger partial charge in [-0.15, -0.1) is 0 Å². The Morgan fingerprint density at radius 1 is 1.33 bits per heavy atom. The molecule has 1 aliphatic rings. The highest BCUT2D eigenvalue weighted by molar-refractivity contribution is 7.89. The quantitative estimate of drug-likeness (QED) is 0.797. The van der Waals surface area contributed by atoms with E-state index < -0.39 is 10.0 Å². The molecule has 6 heteroatoms. The lowest BCUT2D eigenvalue weighted by Crippen LogP contribution is -2.33. The van der Waals surface area contributed by atoms with E-state index in [0.29, 0.717) is 24.6 Å². The Hall–Kier alpha value is -1.11. The topological polar surface area (TPSA) is 58.6 Å². The molecule has 2 rings (SSSR count). The van der Waals surface area contributed by atoms with Gasteiger partial charge in [-0.25, -0.2) is 8.42 Å². The standard InChI is InChI=1S/C15H24N2O3S/c1-4-17(13-6-7-13)21(18,19)14-8-9-15(20-5-2)12(10-14)11-16-3/h8-10,13,16H,4-7,11H2,1-3H3. The molecule has 0 spiro atoms. The highest BCUT2D eigenvalue weighted by atomic mass is 32.2. The maximum absolute atomic E-state index is 12.7. The molecule has 0 aliphatic heterocycles. The molecule has 1 aromatic rings. The van der Waals surface area contributed by atoms with Gasteiger partial charge in [-0.3, -0.25) is 0 Å². The molecular formula is C15H24N2O3S. The molecule has 21 heavy (non-hydrogen) atoms. The summed E-state index contributed by atoms with van der Waals surface area (Å²) in [7, 11) is -1.58. The van der Waals surface area contributed by atoms with E-state index >= 15 is 0 Å². The van der Waals surface area contributed by atoms with E-state index in [4.69, 9.17) is 4.74 Å². The molecule has 1 N–H and O–H groups in total. The molecule has 0 atom stereocenters. The zero-order valence-electron chi connectivity index (χ0n) is 12.9. The predicted octanol–water partition coefficient (Wildman–Crippen LogP) is 1.98. The van der Waals surface area contributed by atoms with Crippen LogP contribution in [0.25, 0.3) is 0 Å². The molecule has 0 radical (unpaired) electrons. The summed E-state index contributed by atoms with van der Waals surface area (Å²) in [6.07, 6.45) is 1.93. The molecule has 1 aromatic carbocycles. The van der Waals surface area contributed by atoms with Crippen molar-refractivity contribution in [2.45, 2.75) is 44.2 Å². The number of ether oxygens (including phenoxy) is 1. The molecule has 1 fully saturated rings. The molecule has 0 heterocycles. The van der Waals surface area contributed by atoms with E-state index in [1.807, 2.05) is 20.9 Å². The van der Waals surface area contributed by atoms with Gasteiger partial charge in [-0.1, -0.05) is 6.92 Å². The van der Waals surface area contributed by atoms with Crippen LogP contribution in [0.4, 0.5) is 0 Å². The lowest BCUT2D eigenvalue weighted by atomic mass is 10.2. The van der Waals surface area contributed by atoms with E-state index in [0.717, 1.165) is 24.2 Å². The molecule has 0 saturated heterocycles. The highest BCUT2D eigenvalue weighted by Gasteiger charge is 2.37. The van der Waals surface area contributed by atoms with E-state index in [1.165, 1.54) is 0 Å². The van der Waals surface area contributed by atoms with Gasteiger partial charge in [-0.2, -0.15) is 4.31 Å². The molecule has 118 valence electrons. The van der Waals surface area contributed by atoms with Crippen LogP contribution in [-0.2, 0) is 16.6 Å². The van der Waals surface area contributed by atoms with Gasteiger partial charge in [0.15, 0.2) is 0 Å². The maximum Gasteiger partial charge on any atom is 0.243 e. The minimum absolute atomic E-state index is 0.180. The first kappa shape index (κ1) is 16.3. The smallest absolute Gasteiger partial charge is 0.243 e. The monoisotopic (exact) mass is 312 g/mol. The lowest BCUT2D eigenvalue weighted by molar-refractivity contribution is 0.335. The molecule has 1 saturated carbocycles. The Morgan fingerprint density at radius 3 is 2.57 bits per heavy atom. The van der Waals surface area contributed by atoms with Crippen molar-refractivity contribution >= 4 is 10.0 Å². The first-order valence-corrected chi connectivity index (χ1v) is 8.90. The van der Waals surface area contributed by atoms with Crippen LogP contribution in [0, 0.1) is 0 Å². The fourth-order valence-corrected chi connectivity index (χ4v) is 4.21. The molecule has 5 nitrogen and oxygen atoms in total. The van der Waals surface area contributed by atoms with E-state index in [1.54, 1.807) is 22.5 Å². The van der Waals surface area contributed by atoms with E-state index in [2.05, 4.69) is 5.32 Å². The fraction of sp³-hybridized carbons (Fsp3) is 0.600. The number of hydrogen-bond acceptors (Lipinski definition) is 4. The van der Waals surface area contributed by atoms with Crippen LogP contribution in [0.1, 0.15) is 32.3 Å². The SMILES string of the molecule is CCOc1ccc(S(=O)(=O)N(CC)C2CC2)cc1CNC. The zero-order valence-corrected chi connectivity index (χ0v) is 13.7. The first-order valence-electron chi connectivity index (χ1n) is 7.46. The Balaban J connectivity index is 2.36. The third kappa shape index (κ3) is 3.56. The first-order chi connectivity index (χ1) is 10.0. The summed E-state index contributed by atoms with van der Waals surface area (Å²) in [4.78, 5) is 0.352. The largest absolute Gasteiger partial charge is 0.494 e. The molecule has 0 bridgehead atoms. The van der Waals surface area contributed by atoms with Gasteiger partial charge in [-0.05, 0) is 45.0 Å². The number of benzene rings is 1. The van der Waals surface area contributed by atoms with Gasteiger partial charge in [0.2, 0.25) is 10.0 Å². The van der Waals surface area contributed by atoms with Gasteiger partial charge in [0, 0.05) is 24.7 Å². The van der Waals surface area contributed by atoms with Crippen molar-refractivity contribution < 1.29 is 13.2 Å². The summed E-state index contributed by atoms with van der Waals surface area (Å²) >= 11 is 0. The third-order valence-electron chi connectivity index (χ3n) is 3.57. The van der Waals surface area contributed by atoms with Gasteiger partial charge in [0.25, 0.3) is 0 Å². The highest BCUT2D eigenvalue weighted by Crippen LogP contribution is 2.33. The Labute approximate surface area is 127 Å². The van der Waals surface area contributed by atoms with Crippen LogP contribution < -0.4 is 10.1 Å². The van der Waals surface area contributed by atoms with Gasteiger partial charge >= 0.3 is 0 Å². The van der Waals surface area contributed by atoms with Crippen molar-refractivity contribution in [3.05, 3.63) is 23.8 Å². The summed E-state index contributed by atoms with van der Waals surface area (Å²) in [5.41, 5.74) is 0.868. The average molecular weight is 312 g/mol. The minimum Gasteiger partial charge on any atom is -0.494 e. The second-order valence-corrected chi connectivity index (χ2v) is 7.06. The summed E-state index contributed by atoms with van der Waals surface area (Å²) in [6, 6.07) is 5.30. The van der Waals surface area contributed by atoms with Crippen LogP contribution in [0.15, 0.2) is 23.1 Å². The third-order valence-corrected chi connectivity index (χ3v) is 5.59. The summed E-state index contributed by atoms with van der Waals surface area (Å²) in [6.45, 7) is 5.46. The molecule has 1 aliphatic carbocycles. The number of nitrogens with one attached hydrogen (secondary N) is 1. The fourth-order valence-electron chi connectivity index (χ4n) is 2.46. The molecule has 0 aromatic heterocycles. The summed E-state index contributed by atoms with van der Waals surface area (Å²) in [5.74, 6) is 0.736. The van der Waals surface area contributed by atoms with Crippen molar-refractivity contribution in [1.82, 2.24) is 9.62 Å². The van der Waals surface area contributed by atoms with Crippen molar-refractivity contribution in [2.75, 3.05) is 20.2 Å².